The van der Waals surface area contributed by atoms with Gasteiger partial charge in [-0.2, -0.15) is 4.73 Å². The van der Waals surface area contributed by atoms with Gasteiger partial charge in [0, 0.05) is 23.4 Å². The topological polar surface area (TPSA) is 65.3 Å². The number of pyridine rings is 1. The van der Waals surface area contributed by atoms with Crippen LogP contribution < -0.4 is 10.0 Å². The number of amides is 1. The fourth-order valence-corrected chi connectivity index (χ4v) is 1.71. The van der Waals surface area contributed by atoms with E-state index in [1.165, 1.54) is 18.5 Å². The SMILES string of the molecule is O=C(Nc1ccc(Cl)c(Cl)c1)OCc1cc[n+]([O-])cc1. The maximum Gasteiger partial charge on any atom is 0.411 e. The quantitative estimate of drug-likeness (QED) is 0.698. The molecule has 0 radical (unpaired) electrons. The van der Waals surface area contributed by atoms with Crippen molar-refractivity contribution in [3.05, 3.63) is 63.5 Å². The van der Waals surface area contributed by atoms with Gasteiger partial charge in [-0.1, -0.05) is 23.2 Å². The summed E-state index contributed by atoms with van der Waals surface area (Å²) < 4.78 is 5.66. The summed E-state index contributed by atoms with van der Waals surface area (Å²) >= 11 is 11.6. The molecule has 0 spiro atoms. The van der Waals surface area contributed by atoms with Gasteiger partial charge in [0.25, 0.3) is 0 Å². The van der Waals surface area contributed by atoms with Gasteiger partial charge in [0.2, 0.25) is 0 Å². The maximum atomic E-state index is 11.6. The second-order valence-corrected chi connectivity index (χ2v) is 4.71. The Bertz CT molecular complexity index is 618. The van der Waals surface area contributed by atoms with Crippen LogP contribution in [0.4, 0.5) is 10.5 Å². The molecule has 5 nitrogen and oxygen atoms in total. The Morgan fingerprint density at radius 3 is 2.55 bits per heavy atom. The molecule has 2 aromatic rings. The molecule has 0 aliphatic heterocycles. The van der Waals surface area contributed by atoms with Crippen LogP contribution in [0.3, 0.4) is 0 Å². The Labute approximate surface area is 125 Å². The predicted molar refractivity (Wildman–Crippen MR) is 75.7 cm³/mol. The third kappa shape index (κ3) is 4.01. The number of ether oxygens (including phenoxy) is 1. The molecule has 20 heavy (non-hydrogen) atoms. The first-order valence-corrected chi connectivity index (χ1v) is 6.37. The molecule has 7 heteroatoms. The highest BCUT2D eigenvalue weighted by Gasteiger charge is 2.06. The standard InChI is InChI=1S/C13H10Cl2N2O3/c14-11-2-1-10(7-12(11)15)16-13(18)20-8-9-3-5-17(19)6-4-9/h1-7H,8H2,(H,16,18). The van der Waals surface area contributed by atoms with Gasteiger partial charge < -0.3 is 9.94 Å². The van der Waals surface area contributed by atoms with E-state index in [0.29, 0.717) is 26.0 Å². The first kappa shape index (κ1) is 14.4. The highest BCUT2D eigenvalue weighted by molar-refractivity contribution is 6.42. The number of aromatic nitrogens is 1. The lowest BCUT2D eigenvalue weighted by atomic mass is 10.3. The summed E-state index contributed by atoms with van der Waals surface area (Å²) in [5.74, 6) is 0. The fraction of sp³-hybridized carbons (Fsp3) is 0.0769. The summed E-state index contributed by atoms with van der Waals surface area (Å²) in [7, 11) is 0. The summed E-state index contributed by atoms with van der Waals surface area (Å²) in [4.78, 5) is 11.6. The van der Waals surface area contributed by atoms with E-state index in [-0.39, 0.29) is 6.61 Å². The normalized spacial score (nSPS) is 10.1. The Balaban J connectivity index is 1.89. The highest BCUT2D eigenvalue weighted by atomic mass is 35.5. The van der Waals surface area contributed by atoms with Gasteiger partial charge in [-0.3, -0.25) is 5.32 Å². The predicted octanol–water partition coefficient (Wildman–Crippen LogP) is 3.38. The smallest absolute Gasteiger partial charge is 0.411 e. The van der Waals surface area contributed by atoms with Crippen LogP contribution in [0.5, 0.6) is 0 Å². The van der Waals surface area contributed by atoms with Gasteiger partial charge in [-0.25, -0.2) is 4.79 Å². The van der Waals surface area contributed by atoms with Crippen molar-refractivity contribution in [1.82, 2.24) is 0 Å². The van der Waals surface area contributed by atoms with Crippen LogP contribution in [0.25, 0.3) is 0 Å². The van der Waals surface area contributed by atoms with Crippen molar-refractivity contribution in [2.45, 2.75) is 6.61 Å². The molecule has 0 aliphatic rings. The van der Waals surface area contributed by atoms with Gasteiger partial charge in [0.15, 0.2) is 12.4 Å². The van der Waals surface area contributed by atoms with Crippen LogP contribution in [0, 0.1) is 5.21 Å². The van der Waals surface area contributed by atoms with E-state index in [1.807, 2.05) is 0 Å². The molecule has 0 saturated carbocycles. The van der Waals surface area contributed by atoms with E-state index in [4.69, 9.17) is 27.9 Å². The molecular weight excluding hydrogens is 303 g/mol. The Hall–Kier alpha value is -1.98. The van der Waals surface area contributed by atoms with E-state index in [2.05, 4.69) is 5.32 Å². The minimum absolute atomic E-state index is 0.0635. The van der Waals surface area contributed by atoms with Crippen molar-refractivity contribution in [2.24, 2.45) is 0 Å². The molecule has 1 amide bonds. The highest BCUT2D eigenvalue weighted by Crippen LogP contribution is 2.25. The summed E-state index contributed by atoms with van der Waals surface area (Å²) in [6.45, 7) is 0.0635. The number of nitrogens with one attached hydrogen (secondary N) is 1. The number of carbonyl (C=O) groups excluding carboxylic acids is 1. The van der Waals surface area contributed by atoms with E-state index in [9.17, 15) is 10.0 Å². The summed E-state index contributed by atoms with van der Waals surface area (Å²) in [6, 6.07) is 7.84. The molecule has 0 saturated heterocycles. The van der Waals surface area contributed by atoms with Crippen LogP contribution >= 0.6 is 23.2 Å². The van der Waals surface area contributed by atoms with E-state index >= 15 is 0 Å². The number of nitrogens with zero attached hydrogens (tertiary/aromatic N) is 1. The zero-order valence-electron chi connectivity index (χ0n) is 10.2. The maximum absolute atomic E-state index is 11.6. The molecule has 104 valence electrons. The molecule has 1 heterocycles. The third-order valence-electron chi connectivity index (χ3n) is 2.41. The average molecular weight is 313 g/mol. The second kappa shape index (κ2) is 6.45. The number of anilines is 1. The number of hydrogen-bond donors (Lipinski definition) is 1. The Kier molecular flexibility index (Phi) is 4.65. The zero-order valence-corrected chi connectivity index (χ0v) is 11.7. The van der Waals surface area contributed by atoms with Crippen LogP contribution in [0.15, 0.2) is 42.7 Å². The molecule has 1 aromatic heterocycles. The molecule has 0 aliphatic carbocycles. The van der Waals surface area contributed by atoms with E-state index in [1.54, 1.807) is 24.3 Å². The summed E-state index contributed by atoms with van der Waals surface area (Å²) in [5, 5.41) is 14.1. The minimum Gasteiger partial charge on any atom is -0.619 e. The monoisotopic (exact) mass is 312 g/mol. The minimum atomic E-state index is -0.623. The molecule has 1 N–H and O–H groups in total. The number of halogens is 2. The van der Waals surface area contributed by atoms with Crippen LogP contribution in [0.2, 0.25) is 10.0 Å². The first-order valence-electron chi connectivity index (χ1n) is 5.61. The van der Waals surface area contributed by atoms with Gasteiger partial charge in [-0.15, -0.1) is 0 Å². The van der Waals surface area contributed by atoms with Crippen molar-refractivity contribution in [2.75, 3.05) is 5.32 Å². The summed E-state index contributed by atoms with van der Waals surface area (Å²) in [5.41, 5.74) is 1.19. The van der Waals surface area contributed by atoms with Crippen molar-refractivity contribution in [3.63, 3.8) is 0 Å². The fourth-order valence-electron chi connectivity index (χ4n) is 1.42. The number of carbonyl (C=O) groups is 1. The first-order chi connectivity index (χ1) is 9.54. The van der Waals surface area contributed by atoms with Crippen molar-refractivity contribution < 1.29 is 14.3 Å². The third-order valence-corrected chi connectivity index (χ3v) is 3.15. The second-order valence-electron chi connectivity index (χ2n) is 3.90. The number of rotatable bonds is 3. The average Bonchev–Trinajstić information content (AvgIpc) is 2.42. The molecule has 2 rings (SSSR count). The number of hydrogen-bond acceptors (Lipinski definition) is 3. The molecular formula is C13H10Cl2N2O3. The molecule has 0 bridgehead atoms. The Morgan fingerprint density at radius 1 is 1.20 bits per heavy atom. The van der Waals surface area contributed by atoms with Crippen LogP contribution in [-0.2, 0) is 11.3 Å². The lowest BCUT2D eigenvalue weighted by molar-refractivity contribution is -0.605. The van der Waals surface area contributed by atoms with Gasteiger partial charge in [-0.05, 0) is 18.2 Å². The number of benzene rings is 1. The molecule has 0 fully saturated rings. The van der Waals surface area contributed by atoms with E-state index < -0.39 is 6.09 Å². The van der Waals surface area contributed by atoms with Crippen LogP contribution in [0.1, 0.15) is 5.56 Å². The van der Waals surface area contributed by atoms with Crippen molar-refractivity contribution in [1.29, 1.82) is 0 Å². The van der Waals surface area contributed by atoms with Gasteiger partial charge >= 0.3 is 6.09 Å². The molecule has 0 unspecified atom stereocenters. The zero-order chi connectivity index (χ0) is 14.5. The van der Waals surface area contributed by atoms with Gasteiger partial charge in [0.1, 0.15) is 6.61 Å². The molecule has 0 atom stereocenters. The lowest BCUT2D eigenvalue weighted by Crippen LogP contribution is -2.24. The Morgan fingerprint density at radius 2 is 1.90 bits per heavy atom. The van der Waals surface area contributed by atoms with Gasteiger partial charge in [0.05, 0.1) is 10.0 Å². The lowest BCUT2D eigenvalue weighted by Gasteiger charge is -2.07. The van der Waals surface area contributed by atoms with Crippen molar-refractivity contribution >= 4 is 35.0 Å². The van der Waals surface area contributed by atoms with Crippen molar-refractivity contribution in [3.8, 4) is 0 Å². The largest absolute Gasteiger partial charge is 0.619 e. The van der Waals surface area contributed by atoms with Crippen LogP contribution in [-0.4, -0.2) is 6.09 Å². The van der Waals surface area contributed by atoms with E-state index in [0.717, 1.165) is 0 Å². The molecule has 1 aromatic carbocycles. The summed E-state index contributed by atoms with van der Waals surface area (Å²) in [6.07, 6.45) is 2.03.